The summed E-state index contributed by atoms with van der Waals surface area (Å²) in [6.45, 7) is 0.504. The van der Waals surface area contributed by atoms with E-state index in [0.29, 0.717) is 23.1 Å². The highest BCUT2D eigenvalue weighted by Gasteiger charge is 2.18. The molecule has 0 unspecified atom stereocenters. The summed E-state index contributed by atoms with van der Waals surface area (Å²) in [5, 5.41) is 0.395. The molecule has 0 saturated heterocycles. The molecule has 1 aliphatic carbocycles. The van der Waals surface area contributed by atoms with Crippen molar-refractivity contribution >= 4 is 17.6 Å². The second-order valence-electron chi connectivity index (χ2n) is 4.10. The molecule has 1 saturated carbocycles. The largest absolute Gasteiger partial charge is 0.462 e. The van der Waals surface area contributed by atoms with Crippen LogP contribution in [-0.4, -0.2) is 17.6 Å². The maximum absolute atomic E-state index is 11.7. The maximum atomic E-state index is 11.7. The van der Waals surface area contributed by atoms with Crippen molar-refractivity contribution in [2.45, 2.75) is 25.7 Å². The number of halogens is 1. The number of esters is 1. The fraction of sp³-hybridized carbons (Fsp3) is 0.500. The van der Waals surface area contributed by atoms with Gasteiger partial charge in [0.2, 0.25) is 0 Å². The average molecular weight is 240 g/mol. The molecule has 1 heterocycles. The lowest BCUT2D eigenvalue weighted by Crippen LogP contribution is -2.12. The first kappa shape index (κ1) is 11.4. The third-order valence-corrected chi connectivity index (χ3v) is 3.24. The van der Waals surface area contributed by atoms with Crippen molar-refractivity contribution in [3.8, 4) is 0 Å². The minimum absolute atomic E-state index is 0.349. The second kappa shape index (κ2) is 5.30. The molecule has 2 rings (SSSR count). The molecular weight excluding hydrogens is 226 g/mol. The Balaban J connectivity index is 1.90. The molecule has 16 heavy (non-hydrogen) atoms. The summed E-state index contributed by atoms with van der Waals surface area (Å²) in [4.78, 5) is 15.5. The topological polar surface area (TPSA) is 39.2 Å². The van der Waals surface area contributed by atoms with Gasteiger partial charge in [0.25, 0.3) is 0 Å². The summed E-state index contributed by atoms with van der Waals surface area (Å²) in [7, 11) is 0. The van der Waals surface area contributed by atoms with Gasteiger partial charge in [0, 0.05) is 12.4 Å². The van der Waals surface area contributed by atoms with E-state index in [1.54, 1.807) is 12.3 Å². The number of rotatable bonds is 3. The molecule has 0 aliphatic heterocycles. The summed E-state index contributed by atoms with van der Waals surface area (Å²) in [5.74, 6) is 0.157. The Morgan fingerprint density at radius 1 is 1.50 bits per heavy atom. The molecule has 0 atom stereocenters. The molecule has 0 N–H and O–H groups in total. The fourth-order valence-corrected chi connectivity index (χ4v) is 2.16. The van der Waals surface area contributed by atoms with E-state index in [1.807, 2.05) is 0 Å². The Hall–Kier alpha value is -1.09. The first-order valence-electron chi connectivity index (χ1n) is 5.54. The molecule has 1 aromatic heterocycles. The van der Waals surface area contributed by atoms with Crippen LogP contribution in [0, 0.1) is 5.92 Å². The van der Waals surface area contributed by atoms with Crippen molar-refractivity contribution in [2.24, 2.45) is 5.92 Å². The quantitative estimate of drug-likeness (QED) is 0.761. The summed E-state index contributed by atoms with van der Waals surface area (Å²) in [5.41, 5.74) is 0.349. The van der Waals surface area contributed by atoms with Gasteiger partial charge in [-0.25, -0.2) is 4.79 Å². The number of aromatic nitrogens is 1. The smallest absolute Gasteiger partial charge is 0.341 e. The number of pyridine rings is 1. The van der Waals surface area contributed by atoms with Crippen LogP contribution in [0.3, 0.4) is 0 Å². The Morgan fingerprint density at radius 3 is 2.94 bits per heavy atom. The third kappa shape index (κ3) is 2.73. The Kier molecular flexibility index (Phi) is 3.78. The van der Waals surface area contributed by atoms with Gasteiger partial charge in [0.05, 0.1) is 17.2 Å². The lowest BCUT2D eigenvalue weighted by molar-refractivity contribution is 0.0442. The first-order chi connectivity index (χ1) is 7.77. The molecule has 86 valence electrons. The number of nitrogens with zero attached hydrogens (tertiary/aromatic N) is 1. The minimum Gasteiger partial charge on any atom is -0.462 e. The number of ether oxygens (including phenoxy) is 1. The van der Waals surface area contributed by atoms with Crippen LogP contribution < -0.4 is 0 Å². The van der Waals surface area contributed by atoms with Gasteiger partial charge in [-0.15, -0.1) is 0 Å². The zero-order chi connectivity index (χ0) is 11.4. The highest BCUT2D eigenvalue weighted by molar-refractivity contribution is 6.33. The van der Waals surface area contributed by atoms with Gasteiger partial charge in [-0.3, -0.25) is 4.98 Å². The molecule has 0 amide bonds. The highest BCUT2D eigenvalue weighted by Crippen LogP contribution is 2.25. The number of carbonyl (C=O) groups is 1. The van der Waals surface area contributed by atoms with Crippen molar-refractivity contribution in [1.82, 2.24) is 4.98 Å². The van der Waals surface area contributed by atoms with Crippen LogP contribution in [0.5, 0.6) is 0 Å². The molecule has 0 spiro atoms. The summed E-state index contributed by atoms with van der Waals surface area (Å²) < 4.78 is 5.23. The van der Waals surface area contributed by atoms with E-state index in [2.05, 4.69) is 4.98 Å². The molecule has 0 radical (unpaired) electrons. The predicted molar refractivity (Wildman–Crippen MR) is 61.5 cm³/mol. The maximum Gasteiger partial charge on any atom is 0.341 e. The highest BCUT2D eigenvalue weighted by atomic mass is 35.5. The van der Waals surface area contributed by atoms with Crippen molar-refractivity contribution < 1.29 is 9.53 Å². The lowest BCUT2D eigenvalue weighted by atomic mass is 10.1. The van der Waals surface area contributed by atoms with Crippen molar-refractivity contribution in [3.63, 3.8) is 0 Å². The van der Waals surface area contributed by atoms with Gasteiger partial charge >= 0.3 is 5.97 Å². The van der Waals surface area contributed by atoms with Crippen molar-refractivity contribution in [3.05, 3.63) is 29.0 Å². The fourth-order valence-electron chi connectivity index (χ4n) is 1.98. The van der Waals surface area contributed by atoms with Crippen LogP contribution in [-0.2, 0) is 4.74 Å². The monoisotopic (exact) mass is 239 g/mol. The van der Waals surface area contributed by atoms with E-state index in [-0.39, 0.29) is 5.97 Å². The molecule has 1 aliphatic rings. The second-order valence-corrected chi connectivity index (χ2v) is 4.51. The zero-order valence-electron chi connectivity index (χ0n) is 8.99. The Morgan fingerprint density at radius 2 is 2.25 bits per heavy atom. The molecule has 3 nitrogen and oxygen atoms in total. The van der Waals surface area contributed by atoms with Crippen LogP contribution in [0.25, 0.3) is 0 Å². The number of hydrogen-bond acceptors (Lipinski definition) is 3. The SMILES string of the molecule is O=C(OCC1CCCC1)c1cnccc1Cl. The average Bonchev–Trinajstić information content (AvgIpc) is 2.79. The number of hydrogen-bond donors (Lipinski definition) is 0. The van der Waals surface area contributed by atoms with Gasteiger partial charge in [-0.05, 0) is 24.8 Å². The van der Waals surface area contributed by atoms with Gasteiger partial charge in [-0.2, -0.15) is 0 Å². The molecule has 0 bridgehead atoms. The van der Waals surface area contributed by atoms with Gasteiger partial charge < -0.3 is 4.74 Å². The van der Waals surface area contributed by atoms with E-state index in [0.717, 1.165) is 12.8 Å². The minimum atomic E-state index is -0.370. The van der Waals surface area contributed by atoms with E-state index < -0.39 is 0 Å². The van der Waals surface area contributed by atoms with Crippen LogP contribution in [0.1, 0.15) is 36.0 Å². The lowest BCUT2D eigenvalue weighted by Gasteiger charge is -2.10. The van der Waals surface area contributed by atoms with E-state index >= 15 is 0 Å². The predicted octanol–water partition coefficient (Wildman–Crippen LogP) is 3.08. The molecule has 0 aromatic carbocycles. The molecule has 1 aromatic rings. The number of carbonyl (C=O) groups excluding carboxylic acids is 1. The van der Waals surface area contributed by atoms with Crippen molar-refractivity contribution in [2.75, 3.05) is 6.61 Å². The first-order valence-corrected chi connectivity index (χ1v) is 5.92. The van der Waals surface area contributed by atoms with Crippen LogP contribution in [0.4, 0.5) is 0 Å². The summed E-state index contributed by atoms with van der Waals surface area (Å²) in [6.07, 6.45) is 7.81. The van der Waals surface area contributed by atoms with Gasteiger partial charge in [0.1, 0.15) is 0 Å². The molecule has 1 fully saturated rings. The Bertz CT molecular complexity index is 375. The Labute approximate surface area is 99.8 Å². The molecular formula is C12H14ClNO2. The van der Waals surface area contributed by atoms with E-state index in [4.69, 9.17) is 16.3 Å². The van der Waals surface area contributed by atoms with Crippen LogP contribution in [0.2, 0.25) is 5.02 Å². The van der Waals surface area contributed by atoms with E-state index in [1.165, 1.54) is 19.0 Å². The normalized spacial score (nSPS) is 16.3. The zero-order valence-corrected chi connectivity index (χ0v) is 9.74. The van der Waals surface area contributed by atoms with Crippen LogP contribution >= 0.6 is 11.6 Å². The standard InChI is InChI=1S/C12H14ClNO2/c13-11-5-6-14-7-10(11)12(15)16-8-9-3-1-2-4-9/h5-7,9H,1-4,8H2. The summed E-state index contributed by atoms with van der Waals surface area (Å²) >= 11 is 5.87. The van der Waals surface area contributed by atoms with E-state index in [9.17, 15) is 4.79 Å². The van der Waals surface area contributed by atoms with Gasteiger partial charge in [0.15, 0.2) is 0 Å². The third-order valence-electron chi connectivity index (χ3n) is 2.91. The van der Waals surface area contributed by atoms with Gasteiger partial charge in [-0.1, -0.05) is 24.4 Å². The van der Waals surface area contributed by atoms with Crippen molar-refractivity contribution in [1.29, 1.82) is 0 Å². The molecule has 4 heteroatoms. The summed E-state index contributed by atoms with van der Waals surface area (Å²) in [6, 6.07) is 1.59. The van der Waals surface area contributed by atoms with Crippen LogP contribution in [0.15, 0.2) is 18.5 Å².